The molecule has 2 heterocycles. The molecular weight excluding hydrogens is 198 g/mol. The van der Waals surface area contributed by atoms with E-state index in [1.54, 1.807) is 0 Å². The predicted octanol–water partition coefficient (Wildman–Crippen LogP) is 1.15. The Hall–Kier alpha value is -0.120. The van der Waals surface area contributed by atoms with Gasteiger partial charge in [0.15, 0.2) is 0 Å². The van der Waals surface area contributed by atoms with Crippen molar-refractivity contribution >= 4 is 0 Å². The summed E-state index contributed by atoms with van der Waals surface area (Å²) in [4.78, 5) is 5.25. The van der Waals surface area contributed by atoms with Crippen LogP contribution in [0.4, 0.5) is 0 Å². The molecule has 3 nitrogen and oxygen atoms in total. The molecule has 2 fully saturated rings. The minimum Gasteiger partial charge on any atom is -0.309 e. The van der Waals surface area contributed by atoms with Gasteiger partial charge in [0.05, 0.1) is 0 Å². The van der Waals surface area contributed by atoms with Gasteiger partial charge in [-0.05, 0) is 59.3 Å². The van der Waals surface area contributed by atoms with E-state index in [-0.39, 0.29) is 0 Å². The summed E-state index contributed by atoms with van der Waals surface area (Å²) in [6.07, 6.45) is 4.18. The second-order valence-electron chi connectivity index (χ2n) is 5.63. The van der Waals surface area contributed by atoms with Crippen LogP contribution in [-0.2, 0) is 0 Å². The van der Waals surface area contributed by atoms with Crippen LogP contribution in [0.2, 0.25) is 0 Å². The zero-order valence-corrected chi connectivity index (χ0v) is 10.9. The maximum atomic E-state index is 3.59. The molecule has 0 aromatic rings. The van der Waals surface area contributed by atoms with Crippen molar-refractivity contribution in [2.75, 3.05) is 39.3 Å². The van der Waals surface area contributed by atoms with Crippen LogP contribution in [0.15, 0.2) is 0 Å². The van der Waals surface area contributed by atoms with E-state index in [0.29, 0.717) is 12.1 Å². The van der Waals surface area contributed by atoms with Crippen LogP contribution in [0.3, 0.4) is 0 Å². The molecule has 0 aromatic carbocycles. The number of rotatable bonds is 4. The van der Waals surface area contributed by atoms with Gasteiger partial charge in [0, 0.05) is 25.2 Å². The lowest BCUT2D eigenvalue weighted by molar-refractivity contribution is 0.165. The van der Waals surface area contributed by atoms with Gasteiger partial charge in [-0.1, -0.05) is 0 Å². The standard InChI is InChI=1S/C13H27N3/c1-12-10-16(11-13(2)14-12)9-5-8-15-6-3-4-7-15/h12-14H,3-11H2,1-2H3. The summed E-state index contributed by atoms with van der Waals surface area (Å²) in [7, 11) is 0. The summed E-state index contributed by atoms with van der Waals surface area (Å²) in [6, 6.07) is 1.33. The number of hydrogen-bond donors (Lipinski definition) is 1. The van der Waals surface area contributed by atoms with Crippen molar-refractivity contribution in [1.29, 1.82) is 0 Å². The molecule has 2 rings (SSSR count). The second-order valence-corrected chi connectivity index (χ2v) is 5.63. The van der Waals surface area contributed by atoms with Crippen molar-refractivity contribution in [1.82, 2.24) is 15.1 Å². The topological polar surface area (TPSA) is 18.5 Å². The molecule has 16 heavy (non-hydrogen) atoms. The third kappa shape index (κ3) is 3.72. The fourth-order valence-corrected chi connectivity index (χ4v) is 3.15. The Kier molecular flexibility index (Phi) is 4.62. The summed E-state index contributed by atoms with van der Waals surface area (Å²) in [5.74, 6) is 0. The lowest BCUT2D eigenvalue weighted by Crippen LogP contribution is -2.54. The van der Waals surface area contributed by atoms with Gasteiger partial charge in [0.1, 0.15) is 0 Å². The summed E-state index contributed by atoms with van der Waals surface area (Å²) in [5.41, 5.74) is 0. The van der Waals surface area contributed by atoms with Crippen molar-refractivity contribution in [3.63, 3.8) is 0 Å². The van der Waals surface area contributed by atoms with E-state index in [0.717, 1.165) is 0 Å². The molecule has 0 amide bonds. The Morgan fingerprint density at radius 2 is 1.50 bits per heavy atom. The Morgan fingerprint density at radius 3 is 2.12 bits per heavy atom. The first-order valence-electron chi connectivity index (χ1n) is 6.95. The van der Waals surface area contributed by atoms with Crippen LogP contribution in [0, 0.1) is 0 Å². The molecule has 2 atom stereocenters. The summed E-state index contributed by atoms with van der Waals surface area (Å²) in [5, 5.41) is 3.59. The number of hydrogen-bond acceptors (Lipinski definition) is 3. The molecule has 2 aliphatic heterocycles. The van der Waals surface area contributed by atoms with E-state index >= 15 is 0 Å². The van der Waals surface area contributed by atoms with Crippen molar-refractivity contribution < 1.29 is 0 Å². The molecule has 94 valence electrons. The van der Waals surface area contributed by atoms with Gasteiger partial charge in [0.25, 0.3) is 0 Å². The number of nitrogens with zero attached hydrogens (tertiary/aromatic N) is 2. The molecule has 0 saturated carbocycles. The van der Waals surface area contributed by atoms with Crippen LogP contribution < -0.4 is 5.32 Å². The van der Waals surface area contributed by atoms with Gasteiger partial charge in [-0.2, -0.15) is 0 Å². The van der Waals surface area contributed by atoms with Gasteiger partial charge in [0.2, 0.25) is 0 Å². The zero-order valence-electron chi connectivity index (χ0n) is 10.9. The number of nitrogens with one attached hydrogen (secondary N) is 1. The Morgan fingerprint density at radius 1 is 0.938 bits per heavy atom. The van der Waals surface area contributed by atoms with Crippen LogP contribution in [0.25, 0.3) is 0 Å². The normalized spacial score (nSPS) is 33.4. The quantitative estimate of drug-likeness (QED) is 0.774. The van der Waals surface area contributed by atoms with Crippen LogP contribution in [0.1, 0.15) is 33.1 Å². The lowest BCUT2D eigenvalue weighted by atomic mass is 10.1. The van der Waals surface area contributed by atoms with Crippen molar-refractivity contribution in [2.24, 2.45) is 0 Å². The third-order valence-corrected chi connectivity index (χ3v) is 3.78. The first kappa shape index (κ1) is 12.3. The number of likely N-dealkylation sites (tertiary alicyclic amines) is 1. The first-order chi connectivity index (χ1) is 7.74. The fourth-order valence-electron chi connectivity index (χ4n) is 3.15. The van der Waals surface area contributed by atoms with Gasteiger partial charge in [-0.15, -0.1) is 0 Å². The molecular formula is C13H27N3. The number of piperazine rings is 1. The van der Waals surface area contributed by atoms with Crippen LogP contribution >= 0.6 is 0 Å². The summed E-state index contributed by atoms with van der Waals surface area (Å²) < 4.78 is 0. The second kappa shape index (κ2) is 5.99. The smallest absolute Gasteiger partial charge is 0.0169 e. The first-order valence-corrected chi connectivity index (χ1v) is 6.95. The largest absolute Gasteiger partial charge is 0.309 e. The van der Waals surface area contributed by atoms with Gasteiger partial charge in [-0.3, -0.25) is 0 Å². The maximum Gasteiger partial charge on any atom is 0.0169 e. The van der Waals surface area contributed by atoms with Gasteiger partial charge >= 0.3 is 0 Å². The van der Waals surface area contributed by atoms with Gasteiger partial charge in [-0.25, -0.2) is 0 Å². The average molecular weight is 225 g/mol. The minimum atomic E-state index is 0.663. The Balaban J connectivity index is 1.61. The lowest BCUT2D eigenvalue weighted by Gasteiger charge is -2.36. The summed E-state index contributed by atoms with van der Waals surface area (Å²) >= 11 is 0. The molecule has 3 heteroatoms. The Labute approximate surface area is 100 Å². The van der Waals surface area contributed by atoms with E-state index in [1.807, 2.05) is 0 Å². The monoisotopic (exact) mass is 225 g/mol. The highest BCUT2D eigenvalue weighted by Crippen LogP contribution is 2.09. The molecule has 0 bridgehead atoms. The zero-order chi connectivity index (χ0) is 11.4. The molecule has 0 aliphatic carbocycles. The van der Waals surface area contributed by atoms with Crippen LogP contribution in [0.5, 0.6) is 0 Å². The molecule has 2 unspecified atom stereocenters. The van der Waals surface area contributed by atoms with Crippen molar-refractivity contribution in [3.8, 4) is 0 Å². The fraction of sp³-hybridized carbons (Fsp3) is 1.00. The molecule has 0 spiro atoms. The van der Waals surface area contributed by atoms with Crippen molar-refractivity contribution in [3.05, 3.63) is 0 Å². The molecule has 0 aromatic heterocycles. The third-order valence-electron chi connectivity index (χ3n) is 3.78. The van der Waals surface area contributed by atoms with Gasteiger partial charge < -0.3 is 15.1 Å². The van der Waals surface area contributed by atoms with E-state index in [9.17, 15) is 0 Å². The molecule has 2 aliphatic rings. The summed E-state index contributed by atoms with van der Waals surface area (Å²) in [6.45, 7) is 12.3. The highest BCUT2D eigenvalue weighted by atomic mass is 15.2. The van der Waals surface area contributed by atoms with E-state index in [2.05, 4.69) is 29.0 Å². The van der Waals surface area contributed by atoms with Crippen LogP contribution in [-0.4, -0.2) is 61.2 Å². The molecule has 1 N–H and O–H groups in total. The van der Waals surface area contributed by atoms with E-state index < -0.39 is 0 Å². The van der Waals surface area contributed by atoms with E-state index in [1.165, 1.54) is 58.5 Å². The molecule has 2 saturated heterocycles. The highest BCUT2D eigenvalue weighted by molar-refractivity contribution is 4.81. The predicted molar refractivity (Wildman–Crippen MR) is 68.8 cm³/mol. The SMILES string of the molecule is CC1CN(CCCN2CCCC2)CC(C)N1. The average Bonchev–Trinajstić information content (AvgIpc) is 2.69. The minimum absolute atomic E-state index is 0.663. The van der Waals surface area contributed by atoms with Crippen molar-refractivity contribution in [2.45, 2.75) is 45.2 Å². The Bertz CT molecular complexity index is 191. The van der Waals surface area contributed by atoms with E-state index in [4.69, 9.17) is 0 Å². The molecule has 0 radical (unpaired) electrons. The maximum absolute atomic E-state index is 3.59. The highest BCUT2D eigenvalue weighted by Gasteiger charge is 2.20.